The molecule has 23 heavy (non-hydrogen) atoms. The second-order valence-corrected chi connectivity index (χ2v) is 5.19. The van der Waals surface area contributed by atoms with Crippen LogP contribution in [0, 0.1) is 11.8 Å². The third-order valence-electron chi connectivity index (χ3n) is 3.63. The summed E-state index contributed by atoms with van der Waals surface area (Å²) >= 11 is 0. The van der Waals surface area contributed by atoms with Gasteiger partial charge in [0.1, 0.15) is 7.05 Å². The second-order valence-electron chi connectivity index (χ2n) is 5.19. The van der Waals surface area contributed by atoms with Gasteiger partial charge < -0.3 is 4.74 Å². The van der Waals surface area contributed by atoms with Gasteiger partial charge in [-0.2, -0.15) is 4.57 Å². The average Bonchev–Trinajstić information content (AvgIpc) is 2.59. The van der Waals surface area contributed by atoms with Crippen molar-refractivity contribution in [3.63, 3.8) is 0 Å². The molecule has 0 amide bonds. The summed E-state index contributed by atoms with van der Waals surface area (Å²) in [4.78, 5) is 11.8. The highest BCUT2D eigenvalue weighted by atomic mass is 16.5. The van der Waals surface area contributed by atoms with Crippen molar-refractivity contribution in [3.8, 4) is 11.8 Å². The number of fused-ring (bicyclic) bond motifs is 1. The van der Waals surface area contributed by atoms with Crippen molar-refractivity contribution in [1.29, 1.82) is 0 Å². The lowest BCUT2D eigenvalue weighted by atomic mass is 10.1. The van der Waals surface area contributed by atoms with E-state index in [-0.39, 0.29) is 5.97 Å². The number of aryl methyl sites for hydroxylation is 1. The summed E-state index contributed by atoms with van der Waals surface area (Å²) in [7, 11) is 3.37. The van der Waals surface area contributed by atoms with Crippen LogP contribution >= 0.6 is 0 Å². The minimum Gasteiger partial charge on any atom is -0.465 e. The Hall–Kier alpha value is -3.12. The fourth-order valence-electron chi connectivity index (χ4n) is 2.50. The zero-order valence-electron chi connectivity index (χ0n) is 13.0. The number of methoxy groups -OCH3 is 1. The third kappa shape index (κ3) is 3.07. The van der Waals surface area contributed by atoms with E-state index in [1.807, 2.05) is 48.1 Å². The van der Waals surface area contributed by atoms with Gasteiger partial charge in [0.05, 0.1) is 18.2 Å². The Bertz CT molecular complexity index is 949. The lowest BCUT2D eigenvalue weighted by Gasteiger charge is -2.01. The highest BCUT2D eigenvalue weighted by molar-refractivity contribution is 5.92. The zero-order chi connectivity index (χ0) is 16.2. The van der Waals surface area contributed by atoms with Crippen molar-refractivity contribution in [2.45, 2.75) is 0 Å². The van der Waals surface area contributed by atoms with Gasteiger partial charge in [-0.3, -0.25) is 0 Å². The molecule has 3 heteroatoms. The normalized spacial score (nSPS) is 10.0. The summed E-state index contributed by atoms with van der Waals surface area (Å²) in [5.74, 6) is 5.83. The molecule has 0 unspecified atom stereocenters. The molecule has 3 rings (SSSR count). The predicted molar refractivity (Wildman–Crippen MR) is 88.9 cm³/mol. The van der Waals surface area contributed by atoms with Gasteiger partial charge in [0.15, 0.2) is 6.20 Å². The van der Waals surface area contributed by atoms with Crippen molar-refractivity contribution in [2.24, 2.45) is 7.05 Å². The monoisotopic (exact) mass is 302 g/mol. The molecule has 0 saturated carbocycles. The summed E-state index contributed by atoms with van der Waals surface area (Å²) in [6, 6.07) is 17.4. The Morgan fingerprint density at radius 2 is 1.78 bits per heavy atom. The highest BCUT2D eigenvalue weighted by Crippen LogP contribution is 2.12. The first-order valence-electron chi connectivity index (χ1n) is 7.27. The molecule has 0 bridgehead atoms. The van der Waals surface area contributed by atoms with Crippen molar-refractivity contribution >= 4 is 16.9 Å². The number of pyridine rings is 1. The Labute approximate surface area is 135 Å². The fraction of sp³-hybridized carbons (Fsp3) is 0.100. The minimum atomic E-state index is -0.376. The molecule has 0 radical (unpaired) electrons. The van der Waals surface area contributed by atoms with Gasteiger partial charge >= 0.3 is 5.97 Å². The summed E-state index contributed by atoms with van der Waals surface area (Å²) in [5, 5.41) is 1.13. The second kappa shape index (κ2) is 6.33. The van der Waals surface area contributed by atoms with Gasteiger partial charge in [-0.25, -0.2) is 4.79 Å². The first-order valence-corrected chi connectivity index (χ1v) is 7.27. The molecule has 0 aliphatic rings. The van der Waals surface area contributed by atoms with Crippen LogP contribution in [-0.4, -0.2) is 13.1 Å². The molecule has 1 heterocycles. The first-order chi connectivity index (χ1) is 11.2. The summed E-state index contributed by atoms with van der Waals surface area (Å²) < 4.78 is 6.84. The molecule has 0 spiro atoms. The van der Waals surface area contributed by atoms with Crippen LogP contribution < -0.4 is 4.57 Å². The van der Waals surface area contributed by atoms with Crippen molar-refractivity contribution in [2.75, 3.05) is 7.11 Å². The molecular formula is C20H16NO2+. The van der Waals surface area contributed by atoms with E-state index in [0.717, 1.165) is 16.5 Å². The van der Waals surface area contributed by atoms with E-state index in [4.69, 9.17) is 4.74 Å². The fourth-order valence-corrected chi connectivity index (χ4v) is 2.50. The van der Waals surface area contributed by atoms with Gasteiger partial charge in [0, 0.05) is 17.0 Å². The standard InChI is InChI=1S/C20H16NO2/c1-21-14-15(13-17-8-4-6-10-19(17)21)11-12-16-7-3-5-9-18(16)20(22)23-2/h3-10,13-14H,1-2H3/q+1. The summed E-state index contributed by atoms with van der Waals surface area (Å²) in [5.41, 5.74) is 3.18. The first kappa shape index (κ1) is 14.8. The molecule has 0 atom stereocenters. The Morgan fingerprint density at radius 1 is 1.04 bits per heavy atom. The van der Waals surface area contributed by atoms with Crippen molar-refractivity contribution in [1.82, 2.24) is 0 Å². The zero-order valence-corrected chi connectivity index (χ0v) is 13.0. The minimum absolute atomic E-state index is 0.376. The van der Waals surface area contributed by atoms with E-state index in [1.54, 1.807) is 12.1 Å². The number of ether oxygens (including phenoxy) is 1. The molecule has 0 aliphatic heterocycles. The lowest BCUT2D eigenvalue weighted by molar-refractivity contribution is -0.645. The van der Waals surface area contributed by atoms with Gasteiger partial charge in [-0.05, 0) is 24.3 Å². The number of rotatable bonds is 1. The van der Waals surface area contributed by atoms with E-state index < -0.39 is 0 Å². The van der Waals surface area contributed by atoms with Crippen LogP contribution in [0.1, 0.15) is 21.5 Å². The van der Waals surface area contributed by atoms with Crippen LogP contribution in [0.3, 0.4) is 0 Å². The molecular weight excluding hydrogens is 286 g/mol. The maximum absolute atomic E-state index is 11.8. The number of aromatic nitrogens is 1. The third-order valence-corrected chi connectivity index (χ3v) is 3.63. The SMILES string of the molecule is COC(=O)c1ccccc1C#Cc1cc2ccccc2[n+](C)c1. The van der Waals surface area contributed by atoms with Gasteiger partial charge in [0.2, 0.25) is 5.52 Å². The van der Waals surface area contributed by atoms with Crippen LogP contribution in [0.15, 0.2) is 60.8 Å². The summed E-state index contributed by atoms with van der Waals surface area (Å²) in [6.07, 6.45) is 1.98. The number of benzene rings is 2. The number of carbonyl (C=O) groups excluding carboxylic acids is 1. The lowest BCUT2D eigenvalue weighted by Crippen LogP contribution is -2.28. The maximum atomic E-state index is 11.8. The number of hydrogen-bond acceptors (Lipinski definition) is 2. The average molecular weight is 302 g/mol. The van der Waals surface area contributed by atoms with E-state index in [0.29, 0.717) is 11.1 Å². The number of para-hydroxylation sites is 1. The van der Waals surface area contributed by atoms with Crippen LogP contribution in [0.4, 0.5) is 0 Å². The van der Waals surface area contributed by atoms with E-state index in [1.165, 1.54) is 7.11 Å². The van der Waals surface area contributed by atoms with Crippen LogP contribution in [-0.2, 0) is 11.8 Å². The molecule has 1 aromatic heterocycles. The van der Waals surface area contributed by atoms with Crippen LogP contribution in [0.25, 0.3) is 10.9 Å². The highest BCUT2D eigenvalue weighted by Gasteiger charge is 2.09. The molecule has 0 N–H and O–H groups in total. The quantitative estimate of drug-likeness (QED) is 0.393. The Balaban J connectivity index is 2.04. The topological polar surface area (TPSA) is 30.2 Å². The number of esters is 1. The van der Waals surface area contributed by atoms with Crippen molar-refractivity contribution < 1.29 is 14.1 Å². The molecule has 0 fully saturated rings. The smallest absolute Gasteiger partial charge is 0.339 e. The number of nitrogens with zero attached hydrogens (tertiary/aromatic N) is 1. The molecule has 3 nitrogen and oxygen atoms in total. The maximum Gasteiger partial charge on any atom is 0.339 e. The molecule has 112 valence electrons. The van der Waals surface area contributed by atoms with Crippen LogP contribution in [0.2, 0.25) is 0 Å². The summed E-state index contributed by atoms with van der Waals surface area (Å²) in [6.45, 7) is 0. The Morgan fingerprint density at radius 3 is 2.61 bits per heavy atom. The van der Waals surface area contributed by atoms with Crippen molar-refractivity contribution in [3.05, 3.63) is 77.5 Å². The largest absolute Gasteiger partial charge is 0.465 e. The Kier molecular flexibility index (Phi) is 4.07. The van der Waals surface area contributed by atoms with E-state index in [2.05, 4.69) is 24.0 Å². The van der Waals surface area contributed by atoms with Gasteiger partial charge in [-0.1, -0.05) is 36.1 Å². The van der Waals surface area contributed by atoms with Crippen LogP contribution in [0.5, 0.6) is 0 Å². The van der Waals surface area contributed by atoms with E-state index in [9.17, 15) is 4.79 Å². The predicted octanol–water partition coefficient (Wildman–Crippen LogP) is 2.85. The van der Waals surface area contributed by atoms with Gasteiger partial charge in [-0.15, -0.1) is 0 Å². The molecule has 0 saturated heterocycles. The van der Waals surface area contributed by atoms with E-state index >= 15 is 0 Å². The number of carbonyl (C=O) groups is 1. The molecule has 0 aliphatic carbocycles. The molecule has 2 aromatic carbocycles. The number of hydrogen-bond donors (Lipinski definition) is 0. The van der Waals surface area contributed by atoms with Gasteiger partial charge in [0.25, 0.3) is 0 Å². The molecule has 3 aromatic rings.